The minimum absolute atomic E-state index is 0.00347. The smallest absolute Gasteiger partial charge is 0.310 e. The molecule has 2 rings (SSSR count). The van der Waals surface area contributed by atoms with Crippen LogP contribution in [0.2, 0.25) is 0 Å². The van der Waals surface area contributed by atoms with Crippen molar-refractivity contribution in [2.24, 2.45) is 5.92 Å². The summed E-state index contributed by atoms with van der Waals surface area (Å²) >= 11 is 0. The number of fused-ring (bicyclic) bond motifs is 2. The first-order chi connectivity index (χ1) is 5.68. The summed E-state index contributed by atoms with van der Waals surface area (Å²) in [5, 5.41) is 21.5. The molecule has 0 aromatic carbocycles. The normalized spacial score (nSPS) is 46.1. The highest BCUT2D eigenvalue weighted by molar-refractivity contribution is 5.72. The van der Waals surface area contributed by atoms with E-state index in [-0.39, 0.29) is 6.04 Å². The highest BCUT2D eigenvalue weighted by atomic mass is 16.4. The van der Waals surface area contributed by atoms with Crippen molar-refractivity contribution in [2.45, 2.75) is 37.5 Å². The quantitative estimate of drug-likeness (QED) is 0.501. The highest BCUT2D eigenvalue weighted by Gasteiger charge is 2.44. The van der Waals surface area contributed by atoms with Gasteiger partial charge in [-0.2, -0.15) is 0 Å². The molecule has 0 saturated carbocycles. The summed E-state index contributed by atoms with van der Waals surface area (Å²) in [4.78, 5) is 10.8. The van der Waals surface area contributed by atoms with Gasteiger partial charge in [0.15, 0.2) is 0 Å². The molecule has 2 aliphatic heterocycles. The van der Waals surface area contributed by atoms with Gasteiger partial charge in [0.25, 0.3) is 0 Å². The summed E-state index contributed by atoms with van der Waals surface area (Å²) in [6.07, 6.45) is 1.83. The predicted octanol–water partition coefficient (Wildman–Crippen LogP) is -0.428. The molecule has 12 heavy (non-hydrogen) atoms. The monoisotopic (exact) mass is 171 g/mol. The molecule has 3 N–H and O–H groups in total. The maximum absolute atomic E-state index is 10.8. The Morgan fingerprint density at radius 2 is 2.17 bits per heavy atom. The Morgan fingerprint density at radius 3 is 2.83 bits per heavy atom. The fraction of sp³-hybridized carbons (Fsp3) is 0.875. The fourth-order valence-electron chi connectivity index (χ4n) is 2.36. The zero-order valence-corrected chi connectivity index (χ0v) is 6.73. The molecule has 2 fully saturated rings. The number of hydrogen-bond donors (Lipinski definition) is 3. The van der Waals surface area contributed by atoms with E-state index in [2.05, 4.69) is 5.32 Å². The van der Waals surface area contributed by atoms with E-state index in [1.165, 1.54) is 0 Å². The van der Waals surface area contributed by atoms with Crippen LogP contribution in [0.25, 0.3) is 0 Å². The first kappa shape index (κ1) is 8.01. The summed E-state index contributed by atoms with van der Waals surface area (Å²) in [5.41, 5.74) is 0. The zero-order chi connectivity index (χ0) is 8.72. The van der Waals surface area contributed by atoms with Gasteiger partial charge in [0.05, 0.1) is 12.0 Å². The van der Waals surface area contributed by atoms with Gasteiger partial charge in [0, 0.05) is 12.1 Å². The molecule has 0 aliphatic carbocycles. The van der Waals surface area contributed by atoms with Gasteiger partial charge in [0.2, 0.25) is 0 Å². The number of piperidine rings is 1. The molecule has 4 heteroatoms. The van der Waals surface area contributed by atoms with Gasteiger partial charge in [-0.1, -0.05) is 0 Å². The Kier molecular flexibility index (Phi) is 1.81. The minimum Gasteiger partial charge on any atom is -0.481 e. The van der Waals surface area contributed by atoms with E-state index in [1.807, 2.05) is 0 Å². The highest BCUT2D eigenvalue weighted by Crippen LogP contribution is 2.31. The number of rotatable bonds is 1. The Hall–Kier alpha value is -0.610. The molecular weight excluding hydrogens is 158 g/mol. The van der Waals surface area contributed by atoms with Crippen molar-refractivity contribution in [3.05, 3.63) is 0 Å². The van der Waals surface area contributed by atoms with Gasteiger partial charge in [-0.3, -0.25) is 4.79 Å². The molecule has 2 heterocycles. The van der Waals surface area contributed by atoms with E-state index in [0.717, 1.165) is 12.8 Å². The topological polar surface area (TPSA) is 69.6 Å². The van der Waals surface area contributed by atoms with Crippen LogP contribution in [0.15, 0.2) is 0 Å². The standard InChI is InChI=1S/C8H13NO3/c10-6-3-4-1-2-5(9-4)7(6)8(11)12/h4-7,9-10H,1-3H2,(H,11,12)/t4?,5?,6-,7+/m0/s1. The molecule has 2 unspecified atom stereocenters. The van der Waals surface area contributed by atoms with E-state index in [9.17, 15) is 9.90 Å². The number of aliphatic hydroxyl groups is 1. The van der Waals surface area contributed by atoms with Crippen molar-refractivity contribution in [1.29, 1.82) is 0 Å². The Balaban J connectivity index is 2.15. The van der Waals surface area contributed by atoms with Crippen molar-refractivity contribution in [1.82, 2.24) is 5.32 Å². The number of carbonyl (C=O) groups is 1. The van der Waals surface area contributed by atoms with E-state index in [1.54, 1.807) is 0 Å². The van der Waals surface area contributed by atoms with Crippen LogP contribution in [0.1, 0.15) is 19.3 Å². The van der Waals surface area contributed by atoms with Crippen molar-refractivity contribution >= 4 is 5.97 Å². The van der Waals surface area contributed by atoms with Gasteiger partial charge in [0.1, 0.15) is 0 Å². The summed E-state index contributed by atoms with van der Waals surface area (Å²) in [5.74, 6) is -1.47. The molecule has 0 radical (unpaired) electrons. The second kappa shape index (κ2) is 2.71. The summed E-state index contributed by atoms with van der Waals surface area (Å²) < 4.78 is 0. The average molecular weight is 171 g/mol. The molecular formula is C8H13NO3. The maximum atomic E-state index is 10.8. The number of aliphatic hydroxyl groups excluding tert-OH is 1. The minimum atomic E-state index is -0.875. The fourth-order valence-corrected chi connectivity index (χ4v) is 2.36. The lowest BCUT2D eigenvalue weighted by atomic mass is 9.89. The lowest BCUT2D eigenvalue weighted by molar-refractivity contribution is -0.148. The SMILES string of the molecule is O=C(O)[C@@H]1C2CCC(C[C@@H]1O)N2. The number of nitrogens with one attached hydrogen (secondary N) is 1. The molecule has 68 valence electrons. The Labute approximate surface area is 70.6 Å². The van der Waals surface area contributed by atoms with Crippen LogP contribution >= 0.6 is 0 Å². The lowest BCUT2D eigenvalue weighted by Crippen LogP contribution is -2.51. The van der Waals surface area contributed by atoms with Crippen LogP contribution in [-0.4, -0.2) is 34.4 Å². The number of carboxylic acids is 1. The predicted molar refractivity (Wildman–Crippen MR) is 41.7 cm³/mol. The molecule has 2 saturated heterocycles. The first-order valence-electron chi connectivity index (χ1n) is 4.35. The van der Waals surface area contributed by atoms with Crippen molar-refractivity contribution in [3.63, 3.8) is 0 Å². The molecule has 4 atom stereocenters. The number of aliphatic carboxylic acids is 1. The van der Waals surface area contributed by atoms with E-state index in [0.29, 0.717) is 12.5 Å². The third-order valence-corrected chi connectivity index (χ3v) is 2.94. The maximum Gasteiger partial charge on any atom is 0.310 e. The van der Waals surface area contributed by atoms with Crippen molar-refractivity contribution in [3.8, 4) is 0 Å². The molecule has 0 amide bonds. The van der Waals surface area contributed by atoms with Gasteiger partial charge in [-0.05, 0) is 19.3 Å². The van der Waals surface area contributed by atoms with Crippen LogP contribution < -0.4 is 5.32 Å². The average Bonchev–Trinajstić information content (AvgIpc) is 2.31. The van der Waals surface area contributed by atoms with E-state index in [4.69, 9.17) is 5.11 Å². The van der Waals surface area contributed by atoms with Gasteiger partial charge < -0.3 is 15.5 Å². The molecule has 4 nitrogen and oxygen atoms in total. The summed E-state index contributed by atoms with van der Waals surface area (Å²) in [6, 6.07) is 0.344. The first-order valence-corrected chi connectivity index (χ1v) is 4.35. The van der Waals surface area contributed by atoms with Gasteiger partial charge >= 0.3 is 5.97 Å². The molecule has 0 aromatic rings. The van der Waals surface area contributed by atoms with Crippen LogP contribution in [0.3, 0.4) is 0 Å². The van der Waals surface area contributed by atoms with Crippen molar-refractivity contribution < 1.29 is 15.0 Å². The largest absolute Gasteiger partial charge is 0.481 e. The summed E-state index contributed by atoms with van der Waals surface area (Å²) in [6.45, 7) is 0. The van der Waals surface area contributed by atoms with Crippen LogP contribution in [0, 0.1) is 5.92 Å². The Bertz CT molecular complexity index is 206. The lowest BCUT2D eigenvalue weighted by Gasteiger charge is -2.31. The van der Waals surface area contributed by atoms with Crippen LogP contribution in [0.5, 0.6) is 0 Å². The van der Waals surface area contributed by atoms with Gasteiger partial charge in [-0.15, -0.1) is 0 Å². The van der Waals surface area contributed by atoms with Crippen LogP contribution in [0.4, 0.5) is 0 Å². The second-order valence-corrected chi connectivity index (χ2v) is 3.71. The second-order valence-electron chi connectivity index (χ2n) is 3.71. The number of hydrogen-bond acceptors (Lipinski definition) is 3. The third kappa shape index (κ3) is 1.11. The van der Waals surface area contributed by atoms with Crippen molar-refractivity contribution in [2.75, 3.05) is 0 Å². The zero-order valence-electron chi connectivity index (χ0n) is 6.73. The van der Waals surface area contributed by atoms with Gasteiger partial charge in [-0.25, -0.2) is 0 Å². The molecule has 0 spiro atoms. The number of carboxylic acid groups (broad SMARTS) is 1. The van der Waals surface area contributed by atoms with Crippen LogP contribution in [-0.2, 0) is 4.79 Å². The molecule has 2 bridgehead atoms. The molecule has 2 aliphatic rings. The third-order valence-electron chi connectivity index (χ3n) is 2.94. The Morgan fingerprint density at radius 1 is 1.42 bits per heavy atom. The van der Waals surface area contributed by atoms with E-state index >= 15 is 0 Å². The molecule has 0 aromatic heterocycles. The van der Waals surface area contributed by atoms with E-state index < -0.39 is 18.0 Å². The summed E-state index contributed by atoms with van der Waals surface area (Å²) in [7, 11) is 0.